The molecule has 4 nitrogen and oxygen atoms in total. The second-order valence-corrected chi connectivity index (χ2v) is 6.39. The third-order valence-corrected chi connectivity index (χ3v) is 4.56. The van der Waals surface area contributed by atoms with Gasteiger partial charge in [0.1, 0.15) is 15.8 Å². The molecule has 1 aromatic carbocycles. The highest BCUT2D eigenvalue weighted by molar-refractivity contribution is 9.10. The molecule has 0 spiro atoms. The third-order valence-electron chi connectivity index (χ3n) is 2.85. The second-order valence-electron chi connectivity index (χ2n) is 4.47. The standard InChI is InChI=1S/C14H17BrFN3OS/c1-20-8-7-17-6-2-3-13-18-19-14(21-13)11-9-10(16)4-5-12(11)15/h4-5,9,17H,2-3,6-8H2,1H3. The third kappa shape index (κ3) is 5.10. The first-order valence-corrected chi connectivity index (χ1v) is 8.29. The van der Waals surface area contributed by atoms with Gasteiger partial charge in [0.15, 0.2) is 0 Å². The molecule has 2 aromatic rings. The van der Waals surface area contributed by atoms with Gasteiger partial charge in [-0.25, -0.2) is 4.39 Å². The number of halogens is 2. The van der Waals surface area contributed by atoms with Crippen LogP contribution in [-0.2, 0) is 11.2 Å². The summed E-state index contributed by atoms with van der Waals surface area (Å²) in [6.07, 6.45) is 1.85. The molecule has 7 heteroatoms. The van der Waals surface area contributed by atoms with E-state index in [4.69, 9.17) is 4.74 Å². The van der Waals surface area contributed by atoms with Crippen LogP contribution in [-0.4, -0.2) is 37.0 Å². The Hall–Kier alpha value is -0.890. The summed E-state index contributed by atoms with van der Waals surface area (Å²) < 4.78 is 19.1. The van der Waals surface area contributed by atoms with Gasteiger partial charge in [0.2, 0.25) is 0 Å². The largest absolute Gasteiger partial charge is 0.383 e. The highest BCUT2D eigenvalue weighted by Gasteiger charge is 2.10. The van der Waals surface area contributed by atoms with Crippen LogP contribution in [0, 0.1) is 5.82 Å². The van der Waals surface area contributed by atoms with E-state index in [0.717, 1.165) is 52.6 Å². The van der Waals surface area contributed by atoms with Crippen LogP contribution < -0.4 is 5.32 Å². The summed E-state index contributed by atoms with van der Waals surface area (Å²) >= 11 is 4.92. The van der Waals surface area contributed by atoms with Gasteiger partial charge in [0, 0.05) is 30.1 Å². The summed E-state index contributed by atoms with van der Waals surface area (Å²) in [5, 5.41) is 13.3. The van der Waals surface area contributed by atoms with Crippen LogP contribution in [0.4, 0.5) is 4.39 Å². The van der Waals surface area contributed by atoms with Crippen LogP contribution in [0.3, 0.4) is 0 Å². The fourth-order valence-corrected chi connectivity index (χ4v) is 3.27. The van der Waals surface area contributed by atoms with Crippen LogP contribution in [0.5, 0.6) is 0 Å². The van der Waals surface area contributed by atoms with Gasteiger partial charge in [-0.2, -0.15) is 0 Å². The summed E-state index contributed by atoms with van der Waals surface area (Å²) in [5.41, 5.74) is 0.747. The van der Waals surface area contributed by atoms with Crippen LogP contribution >= 0.6 is 27.3 Å². The molecule has 0 saturated heterocycles. The Morgan fingerprint density at radius 1 is 1.33 bits per heavy atom. The molecule has 1 N–H and O–H groups in total. The number of hydrogen-bond acceptors (Lipinski definition) is 5. The molecule has 0 aliphatic rings. The Kier molecular flexibility index (Phi) is 6.69. The number of methoxy groups -OCH3 is 1. The van der Waals surface area contributed by atoms with Gasteiger partial charge < -0.3 is 10.1 Å². The Balaban J connectivity index is 1.88. The summed E-state index contributed by atoms with van der Waals surface area (Å²) in [5.74, 6) is -0.271. The maximum Gasteiger partial charge on any atom is 0.149 e. The molecule has 0 fully saturated rings. The van der Waals surface area contributed by atoms with Gasteiger partial charge in [-0.15, -0.1) is 10.2 Å². The lowest BCUT2D eigenvalue weighted by Gasteiger charge is -2.02. The zero-order valence-corrected chi connectivity index (χ0v) is 14.1. The SMILES string of the molecule is COCCNCCCc1nnc(-c2cc(F)ccc2Br)s1. The lowest BCUT2D eigenvalue weighted by atomic mass is 10.2. The topological polar surface area (TPSA) is 47.0 Å². The van der Waals surface area contributed by atoms with E-state index >= 15 is 0 Å². The Bertz CT molecular complexity index is 579. The normalized spacial score (nSPS) is 11.0. The first-order valence-electron chi connectivity index (χ1n) is 6.68. The highest BCUT2D eigenvalue weighted by atomic mass is 79.9. The van der Waals surface area contributed by atoms with E-state index in [2.05, 4.69) is 31.4 Å². The maximum absolute atomic E-state index is 13.3. The number of rotatable bonds is 8. The fraction of sp³-hybridized carbons (Fsp3) is 0.429. The van der Waals surface area contributed by atoms with Crippen molar-refractivity contribution in [3.63, 3.8) is 0 Å². The van der Waals surface area contributed by atoms with Gasteiger partial charge in [-0.05, 0) is 31.2 Å². The summed E-state index contributed by atoms with van der Waals surface area (Å²) in [4.78, 5) is 0. The van der Waals surface area contributed by atoms with E-state index < -0.39 is 0 Å². The average molecular weight is 374 g/mol. The molecule has 0 aliphatic heterocycles. The van der Waals surface area contributed by atoms with Gasteiger partial charge in [-0.3, -0.25) is 0 Å². The Labute approximate surface area is 135 Å². The highest BCUT2D eigenvalue weighted by Crippen LogP contribution is 2.31. The number of nitrogens with one attached hydrogen (secondary N) is 1. The molecule has 0 amide bonds. The second kappa shape index (κ2) is 8.53. The van der Waals surface area contributed by atoms with Crippen molar-refractivity contribution < 1.29 is 9.13 Å². The van der Waals surface area contributed by atoms with Crippen molar-refractivity contribution in [3.05, 3.63) is 33.5 Å². The number of ether oxygens (including phenoxy) is 1. The van der Waals surface area contributed by atoms with Crippen LogP contribution in [0.15, 0.2) is 22.7 Å². The Morgan fingerprint density at radius 2 is 2.19 bits per heavy atom. The van der Waals surface area contributed by atoms with E-state index in [1.165, 1.54) is 23.5 Å². The molecule has 2 rings (SSSR count). The lowest BCUT2D eigenvalue weighted by Crippen LogP contribution is -2.20. The molecule has 21 heavy (non-hydrogen) atoms. The minimum Gasteiger partial charge on any atom is -0.383 e. The predicted molar refractivity (Wildman–Crippen MR) is 86.1 cm³/mol. The molecule has 0 atom stereocenters. The van der Waals surface area contributed by atoms with Crippen molar-refractivity contribution in [2.24, 2.45) is 0 Å². The number of benzene rings is 1. The summed E-state index contributed by atoms with van der Waals surface area (Å²) in [6.45, 7) is 2.49. The van der Waals surface area contributed by atoms with Crippen molar-refractivity contribution in [1.82, 2.24) is 15.5 Å². The smallest absolute Gasteiger partial charge is 0.149 e. The molecule has 0 radical (unpaired) electrons. The minimum atomic E-state index is -0.271. The van der Waals surface area contributed by atoms with Gasteiger partial charge in [0.05, 0.1) is 6.61 Å². The summed E-state index contributed by atoms with van der Waals surface area (Å²) in [6, 6.07) is 4.58. The molecule has 1 aromatic heterocycles. The number of hydrogen-bond donors (Lipinski definition) is 1. The molecule has 0 bridgehead atoms. The van der Waals surface area contributed by atoms with Crippen LogP contribution in [0.25, 0.3) is 10.6 Å². The molecule has 0 saturated carbocycles. The van der Waals surface area contributed by atoms with Crippen LogP contribution in [0.1, 0.15) is 11.4 Å². The van der Waals surface area contributed by atoms with Crippen molar-refractivity contribution >= 4 is 27.3 Å². The molecule has 114 valence electrons. The van der Waals surface area contributed by atoms with Gasteiger partial charge in [0.25, 0.3) is 0 Å². The first kappa shape index (κ1) is 16.5. The van der Waals surface area contributed by atoms with Crippen molar-refractivity contribution in [3.8, 4) is 10.6 Å². The van der Waals surface area contributed by atoms with E-state index in [9.17, 15) is 4.39 Å². The van der Waals surface area contributed by atoms with E-state index in [0.29, 0.717) is 0 Å². The van der Waals surface area contributed by atoms with E-state index in [-0.39, 0.29) is 5.82 Å². The quantitative estimate of drug-likeness (QED) is 0.721. The zero-order valence-electron chi connectivity index (χ0n) is 11.7. The van der Waals surface area contributed by atoms with E-state index in [1.807, 2.05) is 0 Å². The molecule has 0 unspecified atom stereocenters. The number of nitrogens with zero attached hydrogens (tertiary/aromatic N) is 2. The number of aryl methyl sites for hydroxylation is 1. The maximum atomic E-state index is 13.3. The minimum absolute atomic E-state index is 0.271. The molecule has 1 heterocycles. The average Bonchev–Trinajstić information content (AvgIpc) is 2.94. The van der Waals surface area contributed by atoms with Crippen molar-refractivity contribution in [1.29, 1.82) is 0 Å². The van der Waals surface area contributed by atoms with Crippen molar-refractivity contribution in [2.75, 3.05) is 26.8 Å². The van der Waals surface area contributed by atoms with Crippen LogP contribution in [0.2, 0.25) is 0 Å². The number of aromatic nitrogens is 2. The Morgan fingerprint density at radius 3 is 3.00 bits per heavy atom. The predicted octanol–water partition coefficient (Wildman–Crippen LogP) is 3.28. The molecular weight excluding hydrogens is 357 g/mol. The lowest BCUT2D eigenvalue weighted by molar-refractivity contribution is 0.199. The molecule has 0 aliphatic carbocycles. The molecular formula is C14H17BrFN3OS. The van der Waals surface area contributed by atoms with Gasteiger partial charge >= 0.3 is 0 Å². The monoisotopic (exact) mass is 373 g/mol. The van der Waals surface area contributed by atoms with Gasteiger partial charge in [-0.1, -0.05) is 27.3 Å². The zero-order chi connectivity index (χ0) is 15.1. The van der Waals surface area contributed by atoms with E-state index in [1.54, 1.807) is 13.2 Å². The fourth-order valence-electron chi connectivity index (χ4n) is 1.79. The first-order chi connectivity index (χ1) is 10.2. The van der Waals surface area contributed by atoms with Crippen molar-refractivity contribution in [2.45, 2.75) is 12.8 Å². The summed E-state index contributed by atoms with van der Waals surface area (Å²) in [7, 11) is 1.69.